The van der Waals surface area contributed by atoms with Crippen LogP contribution in [0.3, 0.4) is 0 Å². The van der Waals surface area contributed by atoms with E-state index in [1.807, 2.05) is 13.8 Å². The molecule has 1 aromatic rings. The number of alkyl halides is 3. The molecule has 0 aliphatic carbocycles. The number of nitrogens with two attached hydrogens (primary N) is 2. The fourth-order valence-electron chi connectivity index (χ4n) is 2.02. The first kappa shape index (κ1) is 17.3. The molecular formula is C14H20F3N3O. The van der Waals surface area contributed by atoms with Crippen LogP contribution in [0.4, 0.5) is 18.9 Å². The molecule has 21 heavy (non-hydrogen) atoms. The fraction of sp³-hybridized carbons (Fsp3) is 0.500. The van der Waals surface area contributed by atoms with E-state index < -0.39 is 23.2 Å². The molecule has 0 atom stereocenters. The lowest BCUT2D eigenvalue weighted by Gasteiger charge is -2.31. The number of halogens is 3. The molecule has 0 heterocycles. The van der Waals surface area contributed by atoms with Crippen LogP contribution in [0.15, 0.2) is 18.2 Å². The summed E-state index contributed by atoms with van der Waals surface area (Å²) in [5.41, 5.74) is 9.18. The summed E-state index contributed by atoms with van der Waals surface area (Å²) in [4.78, 5) is 12.8. The smallest absolute Gasteiger partial charge is 0.374 e. The van der Waals surface area contributed by atoms with Gasteiger partial charge in [0, 0.05) is 19.3 Å². The molecular weight excluding hydrogens is 283 g/mol. The number of anilines is 1. The monoisotopic (exact) mass is 303 g/mol. The van der Waals surface area contributed by atoms with Crippen LogP contribution < -0.4 is 16.4 Å². The van der Waals surface area contributed by atoms with E-state index in [0.29, 0.717) is 18.8 Å². The Labute approximate surface area is 121 Å². The molecule has 0 aliphatic rings. The number of nitrogens with zero attached hydrogens (tertiary/aromatic N) is 1. The quantitative estimate of drug-likeness (QED) is 0.876. The lowest BCUT2D eigenvalue weighted by molar-refractivity contribution is -0.137. The zero-order chi connectivity index (χ0) is 16.4. The summed E-state index contributed by atoms with van der Waals surface area (Å²) in [5, 5.41) is 0. The van der Waals surface area contributed by atoms with E-state index in [4.69, 9.17) is 11.5 Å². The lowest BCUT2D eigenvalue weighted by atomic mass is 9.93. The van der Waals surface area contributed by atoms with Crippen molar-refractivity contribution in [2.24, 2.45) is 16.9 Å². The normalized spacial score (nSPS) is 12.3. The molecule has 7 heteroatoms. The highest BCUT2D eigenvalue weighted by molar-refractivity contribution is 5.95. The lowest BCUT2D eigenvalue weighted by Crippen LogP contribution is -2.37. The van der Waals surface area contributed by atoms with Gasteiger partial charge in [0.25, 0.3) is 0 Å². The topological polar surface area (TPSA) is 72.3 Å². The Morgan fingerprint density at radius 3 is 2.29 bits per heavy atom. The third-order valence-electron chi connectivity index (χ3n) is 3.23. The number of amides is 1. The molecule has 4 N–H and O–H groups in total. The Morgan fingerprint density at radius 2 is 1.86 bits per heavy atom. The first-order chi connectivity index (χ1) is 9.48. The Balaban J connectivity index is 3.20. The SMILES string of the molecule is CN(CC(C)(C)CN)c1ccc(C(N)=O)c(C(F)(F)F)c1. The minimum atomic E-state index is -4.63. The minimum Gasteiger partial charge on any atom is -0.374 e. The Bertz CT molecular complexity index is 527. The summed E-state index contributed by atoms with van der Waals surface area (Å²) in [6, 6.07) is 3.49. The van der Waals surface area contributed by atoms with Crippen LogP contribution >= 0.6 is 0 Å². The average Bonchev–Trinajstić information content (AvgIpc) is 2.36. The first-order valence-electron chi connectivity index (χ1n) is 6.40. The van der Waals surface area contributed by atoms with Crippen molar-refractivity contribution in [2.45, 2.75) is 20.0 Å². The van der Waals surface area contributed by atoms with Crippen LogP contribution in [0.2, 0.25) is 0 Å². The number of rotatable bonds is 5. The average molecular weight is 303 g/mol. The summed E-state index contributed by atoms with van der Waals surface area (Å²) in [5.74, 6) is -1.10. The molecule has 0 bridgehead atoms. The molecule has 0 radical (unpaired) electrons. The number of carbonyl (C=O) groups excluding carboxylic acids is 1. The molecule has 0 fully saturated rings. The van der Waals surface area contributed by atoms with Crippen LogP contribution in [0.5, 0.6) is 0 Å². The van der Waals surface area contributed by atoms with E-state index >= 15 is 0 Å². The zero-order valence-corrected chi connectivity index (χ0v) is 12.3. The maximum atomic E-state index is 13.0. The minimum absolute atomic E-state index is 0.241. The van der Waals surface area contributed by atoms with E-state index in [2.05, 4.69) is 0 Å². The zero-order valence-electron chi connectivity index (χ0n) is 12.3. The van der Waals surface area contributed by atoms with Gasteiger partial charge in [-0.25, -0.2) is 0 Å². The van der Waals surface area contributed by atoms with Crippen molar-refractivity contribution in [1.29, 1.82) is 0 Å². The van der Waals surface area contributed by atoms with Gasteiger partial charge in [-0.3, -0.25) is 4.79 Å². The van der Waals surface area contributed by atoms with E-state index in [0.717, 1.165) is 12.1 Å². The number of hydrogen-bond acceptors (Lipinski definition) is 3. The second-order valence-electron chi connectivity index (χ2n) is 5.82. The van der Waals surface area contributed by atoms with Gasteiger partial charge < -0.3 is 16.4 Å². The molecule has 1 amide bonds. The van der Waals surface area contributed by atoms with Crippen LogP contribution in [0.1, 0.15) is 29.8 Å². The fourth-order valence-corrected chi connectivity index (χ4v) is 2.02. The van der Waals surface area contributed by atoms with E-state index in [-0.39, 0.29) is 5.41 Å². The highest BCUT2D eigenvalue weighted by atomic mass is 19.4. The van der Waals surface area contributed by atoms with Gasteiger partial charge in [-0.15, -0.1) is 0 Å². The highest BCUT2D eigenvalue weighted by Crippen LogP contribution is 2.34. The maximum Gasteiger partial charge on any atom is 0.417 e. The van der Waals surface area contributed by atoms with Gasteiger partial charge in [0.1, 0.15) is 0 Å². The number of benzene rings is 1. The molecule has 1 rings (SSSR count). The predicted molar refractivity (Wildman–Crippen MR) is 76.1 cm³/mol. The summed E-state index contributed by atoms with van der Waals surface area (Å²) in [7, 11) is 1.68. The molecule has 0 aliphatic heterocycles. The molecule has 0 aromatic heterocycles. The Hall–Kier alpha value is -1.76. The molecule has 4 nitrogen and oxygen atoms in total. The Kier molecular flexibility index (Phi) is 4.88. The molecule has 0 saturated carbocycles. The maximum absolute atomic E-state index is 13.0. The largest absolute Gasteiger partial charge is 0.417 e. The van der Waals surface area contributed by atoms with Gasteiger partial charge in [0.15, 0.2) is 0 Å². The van der Waals surface area contributed by atoms with Crippen molar-refractivity contribution in [1.82, 2.24) is 0 Å². The summed E-state index contributed by atoms with van der Waals surface area (Å²) < 4.78 is 39.0. The van der Waals surface area contributed by atoms with Gasteiger partial charge in [0.05, 0.1) is 11.1 Å². The molecule has 0 spiro atoms. The van der Waals surface area contributed by atoms with E-state index in [1.165, 1.54) is 6.07 Å². The molecule has 118 valence electrons. The molecule has 1 aromatic carbocycles. The van der Waals surface area contributed by atoms with E-state index in [9.17, 15) is 18.0 Å². The van der Waals surface area contributed by atoms with Crippen molar-refractivity contribution >= 4 is 11.6 Å². The Morgan fingerprint density at radius 1 is 1.29 bits per heavy atom. The van der Waals surface area contributed by atoms with Crippen LogP contribution in [0, 0.1) is 5.41 Å². The highest BCUT2D eigenvalue weighted by Gasteiger charge is 2.35. The van der Waals surface area contributed by atoms with Crippen LogP contribution in [0.25, 0.3) is 0 Å². The standard InChI is InChI=1S/C14H20F3N3O/c1-13(2,7-18)8-20(3)9-4-5-10(12(19)21)11(6-9)14(15,16)17/h4-6H,7-8,18H2,1-3H3,(H2,19,21). The van der Waals surface area contributed by atoms with Crippen molar-refractivity contribution in [3.8, 4) is 0 Å². The summed E-state index contributed by atoms with van der Waals surface area (Å²) in [6.45, 7) is 4.73. The molecule has 0 unspecified atom stereocenters. The van der Waals surface area contributed by atoms with Crippen LogP contribution in [-0.4, -0.2) is 26.0 Å². The number of hydrogen-bond donors (Lipinski definition) is 2. The van der Waals surface area contributed by atoms with Gasteiger partial charge in [-0.05, 0) is 30.2 Å². The third-order valence-corrected chi connectivity index (χ3v) is 3.23. The van der Waals surface area contributed by atoms with E-state index in [1.54, 1.807) is 11.9 Å². The number of carbonyl (C=O) groups is 1. The number of primary amides is 1. The van der Waals surface area contributed by atoms with Crippen molar-refractivity contribution in [3.63, 3.8) is 0 Å². The second kappa shape index (κ2) is 5.93. The van der Waals surface area contributed by atoms with Gasteiger partial charge in [-0.1, -0.05) is 13.8 Å². The summed E-state index contributed by atoms with van der Waals surface area (Å²) >= 11 is 0. The predicted octanol–water partition coefficient (Wildman–Crippen LogP) is 2.23. The van der Waals surface area contributed by atoms with Crippen molar-refractivity contribution in [2.75, 3.05) is 25.0 Å². The molecule has 0 saturated heterocycles. The van der Waals surface area contributed by atoms with Crippen molar-refractivity contribution in [3.05, 3.63) is 29.3 Å². The third kappa shape index (κ3) is 4.35. The van der Waals surface area contributed by atoms with Crippen LogP contribution in [-0.2, 0) is 6.18 Å². The summed E-state index contributed by atoms with van der Waals surface area (Å²) in [6.07, 6.45) is -4.63. The first-order valence-corrected chi connectivity index (χ1v) is 6.40. The van der Waals surface area contributed by atoms with Gasteiger partial charge in [0.2, 0.25) is 5.91 Å². The van der Waals surface area contributed by atoms with Gasteiger partial charge >= 0.3 is 6.18 Å². The van der Waals surface area contributed by atoms with Gasteiger partial charge in [-0.2, -0.15) is 13.2 Å². The van der Waals surface area contributed by atoms with Crippen molar-refractivity contribution < 1.29 is 18.0 Å². The second-order valence-corrected chi connectivity index (χ2v) is 5.82.